The Hall–Kier alpha value is -5.64. The van der Waals surface area contributed by atoms with Gasteiger partial charge in [-0.25, -0.2) is 9.78 Å². The molecule has 0 radical (unpaired) electrons. The fourth-order valence-electron chi connectivity index (χ4n) is 5.15. The van der Waals surface area contributed by atoms with E-state index < -0.39 is 103 Å². The van der Waals surface area contributed by atoms with Crippen LogP contribution < -0.4 is 37.6 Å². The zero-order chi connectivity index (χ0) is 42.3. The summed E-state index contributed by atoms with van der Waals surface area (Å²) in [6.07, 6.45) is -0.337. The molecule has 1 aromatic heterocycles. The Balaban J connectivity index is 2.26. The van der Waals surface area contributed by atoms with Crippen LogP contribution in [0, 0.1) is 5.92 Å². The van der Waals surface area contributed by atoms with Gasteiger partial charge in [0.05, 0.1) is 25.1 Å². The number of hydrogen-bond acceptors (Lipinski definition) is 13. The highest BCUT2D eigenvalue weighted by molar-refractivity contribution is 5.97. The number of benzene rings is 1. The number of phenols is 1. The van der Waals surface area contributed by atoms with Gasteiger partial charge in [0.15, 0.2) is 0 Å². The number of phenolic OH excluding ortho intramolecular Hbond substituents is 1. The van der Waals surface area contributed by atoms with Crippen LogP contribution in [0.4, 0.5) is 0 Å². The molecule has 1 heterocycles. The van der Waals surface area contributed by atoms with Crippen molar-refractivity contribution in [2.45, 2.75) is 108 Å². The topological polar surface area (TPSA) is 348 Å². The minimum absolute atomic E-state index is 0.0594. The number of nitrogens with two attached hydrogens (primary N) is 1. The molecule has 0 aliphatic heterocycles. The number of imidazole rings is 1. The van der Waals surface area contributed by atoms with E-state index in [2.05, 4.69) is 41.9 Å². The third-order valence-electron chi connectivity index (χ3n) is 8.40. The number of aromatic hydroxyl groups is 1. The van der Waals surface area contributed by atoms with Crippen LogP contribution in [0.2, 0.25) is 0 Å². The Bertz CT molecular complexity index is 1640. The number of rotatable bonds is 22. The van der Waals surface area contributed by atoms with Crippen molar-refractivity contribution < 1.29 is 59.1 Å². The van der Waals surface area contributed by atoms with Gasteiger partial charge in [-0.15, -0.1) is 0 Å². The van der Waals surface area contributed by atoms with E-state index in [1.54, 1.807) is 13.8 Å². The zero-order valence-corrected chi connectivity index (χ0v) is 31.7. The van der Waals surface area contributed by atoms with Crippen molar-refractivity contribution in [3.8, 4) is 5.75 Å². The molecule has 0 spiro atoms. The van der Waals surface area contributed by atoms with Crippen LogP contribution in [-0.2, 0) is 46.4 Å². The first-order chi connectivity index (χ1) is 26.2. The average molecular weight is 792 g/mol. The molecule has 310 valence electrons. The second-order valence-electron chi connectivity index (χ2n) is 13.8. The monoisotopic (exact) mass is 791 g/mol. The average Bonchev–Trinajstić information content (AvgIpc) is 3.64. The quantitative estimate of drug-likeness (QED) is 0.0542. The molecule has 0 saturated carbocycles. The van der Waals surface area contributed by atoms with Crippen molar-refractivity contribution in [2.24, 2.45) is 11.7 Å². The molecule has 56 heavy (non-hydrogen) atoms. The van der Waals surface area contributed by atoms with E-state index in [1.165, 1.54) is 50.6 Å². The third-order valence-corrected chi connectivity index (χ3v) is 8.40. The fraction of sp³-hybridized carbons (Fsp3) is 0.543. The number of nitrogens with one attached hydrogen (secondary N) is 7. The van der Waals surface area contributed by atoms with Crippen LogP contribution in [-0.4, -0.2) is 138 Å². The van der Waals surface area contributed by atoms with Gasteiger partial charge in [0.2, 0.25) is 35.4 Å². The number of H-pyrrole nitrogens is 1. The lowest BCUT2D eigenvalue weighted by atomic mass is 10.0. The summed E-state index contributed by atoms with van der Waals surface area (Å²) in [6, 6.07) is -4.58. The molecule has 0 fully saturated rings. The van der Waals surface area contributed by atoms with Crippen LogP contribution >= 0.6 is 0 Å². The molecule has 0 saturated heterocycles. The van der Waals surface area contributed by atoms with Crippen LogP contribution in [0.1, 0.15) is 52.3 Å². The third kappa shape index (κ3) is 14.9. The van der Waals surface area contributed by atoms with Gasteiger partial charge in [0.25, 0.3) is 0 Å². The summed E-state index contributed by atoms with van der Waals surface area (Å²) >= 11 is 0. The molecule has 0 aliphatic rings. The molecular weight excluding hydrogens is 738 g/mol. The van der Waals surface area contributed by atoms with Gasteiger partial charge in [-0.2, -0.15) is 0 Å². The Morgan fingerprint density at radius 3 is 1.77 bits per heavy atom. The van der Waals surface area contributed by atoms with Gasteiger partial charge in [0.1, 0.15) is 48.0 Å². The number of carboxylic acid groups (broad SMARTS) is 1. The molecular formula is C35H53N9O12. The van der Waals surface area contributed by atoms with Crippen LogP contribution in [0.3, 0.4) is 0 Å². The summed E-state index contributed by atoms with van der Waals surface area (Å²) in [6.45, 7) is 6.25. The predicted molar refractivity (Wildman–Crippen MR) is 197 cm³/mol. The van der Waals surface area contributed by atoms with E-state index in [-0.39, 0.29) is 30.9 Å². The van der Waals surface area contributed by atoms with Crippen LogP contribution in [0.15, 0.2) is 36.8 Å². The van der Waals surface area contributed by atoms with Crippen molar-refractivity contribution in [3.63, 3.8) is 0 Å². The second kappa shape index (κ2) is 22.0. The summed E-state index contributed by atoms with van der Waals surface area (Å²) in [5, 5.41) is 63.4. The first kappa shape index (κ1) is 46.5. The molecule has 6 amide bonds. The Labute approximate surface area is 322 Å². The van der Waals surface area contributed by atoms with E-state index in [0.29, 0.717) is 11.3 Å². The summed E-state index contributed by atoms with van der Waals surface area (Å²) in [4.78, 5) is 97.5. The van der Waals surface area contributed by atoms with Crippen molar-refractivity contribution in [1.29, 1.82) is 0 Å². The number of carboxylic acids is 1. The second-order valence-corrected chi connectivity index (χ2v) is 13.8. The minimum atomic E-state index is -1.72. The minimum Gasteiger partial charge on any atom is -0.508 e. The van der Waals surface area contributed by atoms with Gasteiger partial charge in [0, 0.05) is 24.7 Å². The number of aliphatic hydroxyl groups excluding tert-OH is 3. The molecule has 21 heteroatoms. The van der Waals surface area contributed by atoms with Gasteiger partial charge in [-0.1, -0.05) is 26.0 Å². The largest absolute Gasteiger partial charge is 0.508 e. The molecule has 9 atom stereocenters. The van der Waals surface area contributed by atoms with E-state index in [0.717, 1.165) is 6.92 Å². The van der Waals surface area contributed by atoms with Gasteiger partial charge >= 0.3 is 5.97 Å². The Morgan fingerprint density at radius 1 is 0.696 bits per heavy atom. The SMILES string of the molecule is CC(C)C[C@H](NC(=O)[C@H](Cc1ccc(O)cc1)NC(=O)[C@H](CO)NC(=O)[C@@H](NC(=O)[C@@H](N)[C@@H](C)O)[C@@H](C)O)C(=O)N[C@@H](C)C(=O)N[C@@H](Cc1cnc[nH]1)C(=O)O. The van der Waals surface area contributed by atoms with E-state index in [4.69, 9.17) is 5.73 Å². The number of aromatic nitrogens is 2. The summed E-state index contributed by atoms with van der Waals surface area (Å²) < 4.78 is 0. The molecule has 0 bridgehead atoms. The van der Waals surface area contributed by atoms with Crippen molar-refractivity contribution in [3.05, 3.63) is 48.0 Å². The van der Waals surface area contributed by atoms with Crippen molar-refractivity contribution in [2.75, 3.05) is 6.61 Å². The maximum atomic E-state index is 13.8. The normalized spacial score (nSPS) is 16.0. The molecule has 1 aromatic carbocycles. The number of aromatic amines is 1. The lowest BCUT2D eigenvalue weighted by molar-refractivity contribution is -0.142. The summed E-state index contributed by atoms with van der Waals surface area (Å²) in [7, 11) is 0. The fourth-order valence-corrected chi connectivity index (χ4v) is 5.15. The number of carbonyl (C=O) groups excluding carboxylic acids is 6. The van der Waals surface area contributed by atoms with Crippen LogP contribution in [0.5, 0.6) is 5.75 Å². The summed E-state index contributed by atoms with van der Waals surface area (Å²) in [5.41, 5.74) is 6.50. The molecule has 2 aromatic rings. The Morgan fingerprint density at radius 2 is 1.25 bits per heavy atom. The highest BCUT2D eigenvalue weighted by atomic mass is 16.4. The zero-order valence-electron chi connectivity index (χ0n) is 31.7. The molecule has 2 rings (SSSR count). The standard InChI is InChI=1S/C35H53N9O12/c1-16(2)10-23(30(50)39-17(3)29(49)42-25(35(55)56)12-21-13-37-15-38-21)40-31(51)24(11-20-6-8-22(48)9-7-20)41-32(52)26(14-45)43-34(54)28(19(5)47)44-33(53)27(36)18(4)46/h6-9,13,15-19,23-28,45-48H,10-12,14,36H2,1-5H3,(H,37,38)(H,39,50)(H,40,51)(H,41,52)(H,42,49)(H,43,54)(H,44,53)(H,55,56)/t17-,18+,19+,23-,24-,25-,26-,27-,28-/m0/s1. The maximum Gasteiger partial charge on any atom is 0.326 e. The smallest absolute Gasteiger partial charge is 0.326 e. The number of nitrogens with zero attached hydrogens (tertiary/aromatic N) is 1. The van der Waals surface area contributed by atoms with E-state index >= 15 is 0 Å². The van der Waals surface area contributed by atoms with Crippen molar-refractivity contribution in [1.82, 2.24) is 41.9 Å². The highest BCUT2D eigenvalue weighted by Gasteiger charge is 2.35. The number of amides is 6. The summed E-state index contributed by atoms with van der Waals surface area (Å²) in [5.74, 6) is -7.27. The number of aliphatic carboxylic acids is 1. The highest BCUT2D eigenvalue weighted by Crippen LogP contribution is 2.13. The van der Waals surface area contributed by atoms with Crippen LogP contribution in [0.25, 0.3) is 0 Å². The molecule has 0 unspecified atom stereocenters. The molecule has 14 N–H and O–H groups in total. The lowest BCUT2D eigenvalue weighted by Gasteiger charge is -2.28. The first-order valence-corrected chi connectivity index (χ1v) is 17.8. The Kier molecular flexibility index (Phi) is 18.3. The number of hydrogen-bond donors (Lipinski definition) is 13. The lowest BCUT2D eigenvalue weighted by Crippen LogP contribution is -2.62. The maximum absolute atomic E-state index is 13.8. The molecule has 21 nitrogen and oxygen atoms in total. The number of aliphatic hydroxyl groups is 3. The van der Waals surface area contributed by atoms with E-state index in [9.17, 15) is 59.1 Å². The van der Waals surface area contributed by atoms with Gasteiger partial charge in [-0.05, 0) is 50.8 Å². The first-order valence-electron chi connectivity index (χ1n) is 17.8. The van der Waals surface area contributed by atoms with Gasteiger partial charge < -0.3 is 68.2 Å². The predicted octanol–water partition coefficient (Wildman–Crippen LogP) is -3.96. The molecule has 0 aliphatic carbocycles. The number of carbonyl (C=O) groups is 7. The van der Waals surface area contributed by atoms with Crippen molar-refractivity contribution >= 4 is 41.4 Å². The van der Waals surface area contributed by atoms with E-state index in [1.807, 2.05) is 0 Å². The van der Waals surface area contributed by atoms with Gasteiger partial charge in [-0.3, -0.25) is 28.8 Å².